The monoisotopic (exact) mass is 363 g/mol. The fraction of sp³-hybridized carbons (Fsp3) is 0.167. The van der Waals surface area contributed by atoms with Gasteiger partial charge in [-0.3, -0.25) is 9.59 Å². The molecule has 0 saturated carbocycles. The Morgan fingerprint density at radius 3 is 2.31 bits per heavy atom. The number of carbonyl (C=O) groups excluding carboxylic acids is 2. The molecule has 2 rings (SSSR count). The van der Waals surface area contributed by atoms with Crippen LogP contribution in [-0.4, -0.2) is 18.0 Å². The topological polar surface area (TPSA) is 70.6 Å². The van der Waals surface area contributed by atoms with Gasteiger partial charge in [0.2, 0.25) is 11.8 Å². The summed E-state index contributed by atoms with van der Waals surface area (Å²) in [7, 11) is 0. The summed E-state index contributed by atoms with van der Waals surface area (Å²) in [6.45, 7) is 0.273. The van der Waals surface area contributed by atoms with E-state index in [0.717, 1.165) is 17.8 Å². The van der Waals surface area contributed by atoms with E-state index in [2.05, 4.69) is 10.4 Å². The second-order valence-electron chi connectivity index (χ2n) is 5.32. The third-order valence-corrected chi connectivity index (χ3v) is 3.31. The van der Waals surface area contributed by atoms with Crippen LogP contribution >= 0.6 is 0 Å². The number of amides is 2. The van der Waals surface area contributed by atoms with E-state index in [1.54, 1.807) is 0 Å². The van der Waals surface area contributed by atoms with E-state index in [0.29, 0.717) is 0 Å². The molecule has 2 aromatic rings. The molecule has 0 bridgehead atoms. The first-order valence-electron chi connectivity index (χ1n) is 7.65. The molecule has 5 nitrogen and oxygen atoms in total. The highest BCUT2D eigenvalue weighted by molar-refractivity contribution is 5.97. The standard InChI is InChI=1S/C18H16F3N3O2/c19-18(20,21)15-9-5-4-8-14(15)12-23-24-17(26)10-16(25)22-11-13-6-2-1-3-7-13/h1-9,12H,10-11H2,(H,22,25)(H,24,26). The molecule has 136 valence electrons. The lowest BCUT2D eigenvalue weighted by Crippen LogP contribution is -2.29. The number of carbonyl (C=O) groups is 2. The van der Waals surface area contributed by atoms with Gasteiger partial charge in [0.05, 0.1) is 11.8 Å². The third-order valence-electron chi connectivity index (χ3n) is 3.31. The molecule has 2 amide bonds. The summed E-state index contributed by atoms with van der Waals surface area (Å²) in [5, 5.41) is 6.05. The van der Waals surface area contributed by atoms with Crippen LogP contribution < -0.4 is 10.7 Å². The van der Waals surface area contributed by atoms with Crippen molar-refractivity contribution in [3.05, 3.63) is 71.3 Å². The molecular weight excluding hydrogens is 347 g/mol. The van der Waals surface area contributed by atoms with Crippen LogP contribution in [0.15, 0.2) is 59.7 Å². The lowest BCUT2D eigenvalue weighted by Gasteiger charge is -2.09. The van der Waals surface area contributed by atoms with Crippen molar-refractivity contribution in [1.29, 1.82) is 0 Å². The predicted molar refractivity (Wildman–Crippen MR) is 90.1 cm³/mol. The molecule has 0 fully saturated rings. The Labute approximate surface area is 147 Å². The minimum atomic E-state index is -4.52. The maximum absolute atomic E-state index is 12.8. The number of nitrogens with zero attached hydrogens (tertiary/aromatic N) is 1. The average Bonchev–Trinajstić information content (AvgIpc) is 2.60. The SMILES string of the molecule is O=C(CC(=O)NN=Cc1ccccc1C(F)(F)F)NCc1ccccc1. The molecule has 0 saturated heterocycles. The summed E-state index contributed by atoms with van der Waals surface area (Å²) < 4.78 is 38.5. The highest BCUT2D eigenvalue weighted by atomic mass is 19.4. The average molecular weight is 363 g/mol. The van der Waals surface area contributed by atoms with E-state index in [-0.39, 0.29) is 12.1 Å². The van der Waals surface area contributed by atoms with Crippen LogP contribution in [0.4, 0.5) is 13.2 Å². The van der Waals surface area contributed by atoms with Gasteiger partial charge < -0.3 is 5.32 Å². The summed E-state index contributed by atoms with van der Waals surface area (Å²) in [6, 6.07) is 14.0. The van der Waals surface area contributed by atoms with Gasteiger partial charge in [0, 0.05) is 12.1 Å². The lowest BCUT2D eigenvalue weighted by molar-refractivity contribution is -0.137. The quantitative estimate of drug-likeness (QED) is 0.471. The van der Waals surface area contributed by atoms with Crippen LogP contribution in [0.3, 0.4) is 0 Å². The van der Waals surface area contributed by atoms with Crippen LogP contribution in [0, 0.1) is 0 Å². The lowest BCUT2D eigenvalue weighted by atomic mass is 10.1. The van der Waals surface area contributed by atoms with E-state index in [1.807, 2.05) is 35.8 Å². The van der Waals surface area contributed by atoms with Gasteiger partial charge in [0.25, 0.3) is 0 Å². The zero-order chi connectivity index (χ0) is 19.0. The Balaban J connectivity index is 1.83. The first kappa shape index (κ1) is 19.2. The molecular formula is C18H16F3N3O2. The molecule has 0 aliphatic carbocycles. The van der Waals surface area contributed by atoms with Crippen LogP contribution in [-0.2, 0) is 22.3 Å². The highest BCUT2D eigenvalue weighted by Gasteiger charge is 2.32. The Morgan fingerprint density at radius 2 is 1.62 bits per heavy atom. The first-order chi connectivity index (χ1) is 12.4. The highest BCUT2D eigenvalue weighted by Crippen LogP contribution is 2.30. The Kier molecular flexibility index (Phi) is 6.48. The molecule has 26 heavy (non-hydrogen) atoms. The fourth-order valence-corrected chi connectivity index (χ4v) is 2.09. The van der Waals surface area contributed by atoms with Gasteiger partial charge in [-0.25, -0.2) is 5.43 Å². The summed E-state index contributed by atoms with van der Waals surface area (Å²) in [6.07, 6.45) is -4.11. The number of halogens is 3. The second-order valence-corrected chi connectivity index (χ2v) is 5.32. The minimum Gasteiger partial charge on any atom is -0.352 e. The number of hydrazone groups is 1. The summed E-state index contributed by atoms with van der Waals surface area (Å²) in [5.41, 5.74) is 1.87. The van der Waals surface area contributed by atoms with Crippen LogP contribution in [0.25, 0.3) is 0 Å². The van der Waals surface area contributed by atoms with Crippen molar-refractivity contribution in [2.24, 2.45) is 5.10 Å². The zero-order valence-corrected chi connectivity index (χ0v) is 13.6. The van der Waals surface area contributed by atoms with Gasteiger partial charge in [-0.05, 0) is 11.6 Å². The number of benzene rings is 2. The zero-order valence-electron chi connectivity index (χ0n) is 13.6. The van der Waals surface area contributed by atoms with Crippen molar-refractivity contribution >= 4 is 18.0 Å². The first-order valence-corrected chi connectivity index (χ1v) is 7.65. The molecule has 2 N–H and O–H groups in total. The molecule has 0 aliphatic rings. The molecule has 0 heterocycles. The van der Waals surface area contributed by atoms with Crippen molar-refractivity contribution < 1.29 is 22.8 Å². The Hall–Kier alpha value is -3.16. The van der Waals surface area contributed by atoms with Gasteiger partial charge in [-0.15, -0.1) is 0 Å². The van der Waals surface area contributed by atoms with Crippen LogP contribution in [0.1, 0.15) is 23.1 Å². The van der Waals surface area contributed by atoms with Gasteiger partial charge in [0.1, 0.15) is 6.42 Å². The summed E-state index contributed by atoms with van der Waals surface area (Å²) >= 11 is 0. The third kappa shape index (κ3) is 6.04. The number of hydrogen-bond acceptors (Lipinski definition) is 3. The number of nitrogens with one attached hydrogen (secondary N) is 2. The van der Waals surface area contributed by atoms with E-state index in [4.69, 9.17) is 0 Å². The van der Waals surface area contributed by atoms with Gasteiger partial charge in [-0.2, -0.15) is 18.3 Å². The molecule has 0 aliphatic heterocycles. The van der Waals surface area contributed by atoms with Gasteiger partial charge >= 0.3 is 6.18 Å². The van der Waals surface area contributed by atoms with Crippen molar-refractivity contribution in [3.8, 4) is 0 Å². The smallest absolute Gasteiger partial charge is 0.352 e. The summed E-state index contributed by atoms with van der Waals surface area (Å²) in [4.78, 5) is 23.3. The fourth-order valence-electron chi connectivity index (χ4n) is 2.09. The Bertz CT molecular complexity index is 790. The van der Waals surface area contributed by atoms with Crippen LogP contribution in [0.5, 0.6) is 0 Å². The van der Waals surface area contributed by atoms with Crippen molar-refractivity contribution in [1.82, 2.24) is 10.7 Å². The molecule has 2 aromatic carbocycles. The van der Waals surface area contributed by atoms with E-state index < -0.39 is 30.0 Å². The predicted octanol–water partition coefficient (Wildman–Crippen LogP) is 2.86. The molecule has 8 heteroatoms. The van der Waals surface area contributed by atoms with E-state index in [9.17, 15) is 22.8 Å². The number of rotatable bonds is 6. The maximum atomic E-state index is 12.8. The minimum absolute atomic E-state index is 0.186. The van der Waals surface area contributed by atoms with Crippen LogP contribution in [0.2, 0.25) is 0 Å². The van der Waals surface area contributed by atoms with Gasteiger partial charge in [-0.1, -0.05) is 48.5 Å². The second kappa shape index (κ2) is 8.80. The van der Waals surface area contributed by atoms with E-state index in [1.165, 1.54) is 18.2 Å². The van der Waals surface area contributed by atoms with Crippen molar-refractivity contribution in [2.75, 3.05) is 0 Å². The molecule has 0 atom stereocenters. The normalized spacial score (nSPS) is 11.3. The molecule has 0 unspecified atom stereocenters. The van der Waals surface area contributed by atoms with E-state index >= 15 is 0 Å². The van der Waals surface area contributed by atoms with Gasteiger partial charge in [0.15, 0.2) is 0 Å². The van der Waals surface area contributed by atoms with Crippen molar-refractivity contribution in [3.63, 3.8) is 0 Å². The largest absolute Gasteiger partial charge is 0.417 e. The number of hydrogen-bond donors (Lipinski definition) is 2. The number of alkyl halides is 3. The molecule has 0 radical (unpaired) electrons. The Morgan fingerprint density at radius 1 is 0.962 bits per heavy atom. The van der Waals surface area contributed by atoms with Crippen molar-refractivity contribution in [2.45, 2.75) is 19.1 Å². The summed E-state index contributed by atoms with van der Waals surface area (Å²) in [5.74, 6) is -1.24. The molecule has 0 spiro atoms. The molecule has 0 aromatic heterocycles. The maximum Gasteiger partial charge on any atom is 0.417 e.